The van der Waals surface area contributed by atoms with Gasteiger partial charge in [0.2, 0.25) is 5.91 Å². The number of rotatable bonds is 3. The normalized spacial score (nSPS) is 10.7. The monoisotopic (exact) mass is 140 g/mol. The predicted molar refractivity (Wildman–Crippen MR) is 41.2 cm³/mol. The van der Waals surface area contributed by atoms with Gasteiger partial charge in [-0.25, -0.2) is 0 Å². The Bertz CT molecular complexity index is 161. The van der Waals surface area contributed by atoms with Crippen LogP contribution in [0.5, 0.6) is 0 Å². The second-order valence-electron chi connectivity index (χ2n) is 1.85. The minimum Gasteiger partial charge on any atom is -0.404 e. The van der Waals surface area contributed by atoms with Crippen LogP contribution in [-0.2, 0) is 4.79 Å². The molecular weight excluding hydrogens is 128 g/mol. The molecule has 0 unspecified atom stereocenters. The minimum absolute atomic E-state index is 0.151. The number of carbonyl (C=O) groups excluding carboxylic acids is 1. The summed E-state index contributed by atoms with van der Waals surface area (Å²) in [5.41, 5.74) is 5.61. The molecule has 1 amide bonds. The first-order chi connectivity index (χ1) is 4.72. The fourth-order valence-corrected chi connectivity index (χ4v) is 0.380. The molecule has 3 heteroatoms. The highest BCUT2D eigenvalue weighted by Crippen LogP contribution is 1.86. The van der Waals surface area contributed by atoms with Crippen LogP contribution in [-0.4, -0.2) is 12.5 Å². The third-order valence-electron chi connectivity index (χ3n) is 1.02. The van der Waals surface area contributed by atoms with Gasteiger partial charge in [0.1, 0.15) is 0 Å². The summed E-state index contributed by atoms with van der Waals surface area (Å²) >= 11 is 0. The largest absolute Gasteiger partial charge is 0.404 e. The van der Waals surface area contributed by atoms with Crippen molar-refractivity contribution in [3.63, 3.8) is 0 Å². The molecule has 56 valence electrons. The van der Waals surface area contributed by atoms with Gasteiger partial charge in [-0.1, -0.05) is 6.08 Å². The predicted octanol–water partition coefficient (Wildman–Crippen LogP) is 0.151. The van der Waals surface area contributed by atoms with E-state index < -0.39 is 0 Å². The number of hydrogen-bond acceptors (Lipinski definition) is 2. The summed E-state index contributed by atoms with van der Waals surface area (Å²) in [6.45, 7) is 5.58. The van der Waals surface area contributed by atoms with Crippen LogP contribution in [0.1, 0.15) is 6.92 Å². The van der Waals surface area contributed by atoms with Crippen LogP contribution in [0.15, 0.2) is 24.4 Å². The lowest BCUT2D eigenvalue weighted by molar-refractivity contribution is -0.117. The fourth-order valence-electron chi connectivity index (χ4n) is 0.380. The van der Waals surface area contributed by atoms with E-state index in [1.165, 1.54) is 6.20 Å². The van der Waals surface area contributed by atoms with Crippen molar-refractivity contribution in [2.45, 2.75) is 6.92 Å². The van der Waals surface area contributed by atoms with E-state index in [1.807, 2.05) is 0 Å². The Balaban J connectivity index is 3.74. The molecule has 0 radical (unpaired) electrons. The number of nitrogens with one attached hydrogen (secondary N) is 1. The lowest BCUT2D eigenvalue weighted by Crippen LogP contribution is -2.24. The molecule has 0 rings (SSSR count). The Labute approximate surface area is 60.6 Å². The zero-order chi connectivity index (χ0) is 7.98. The van der Waals surface area contributed by atoms with Gasteiger partial charge in [0.25, 0.3) is 0 Å². The standard InChI is InChI=1S/C7H12N2O/c1-3-4-9-7(10)6(2)5-8/h3,5H,1,4,8H2,2H3,(H,9,10). The highest BCUT2D eigenvalue weighted by Gasteiger charge is 1.98. The quantitative estimate of drug-likeness (QED) is 0.433. The number of amides is 1. The molecule has 0 aromatic rings. The summed E-state index contributed by atoms with van der Waals surface area (Å²) in [7, 11) is 0. The van der Waals surface area contributed by atoms with E-state index in [-0.39, 0.29) is 5.91 Å². The first-order valence-electron chi connectivity index (χ1n) is 3.00. The van der Waals surface area contributed by atoms with E-state index in [1.54, 1.807) is 13.0 Å². The van der Waals surface area contributed by atoms with Crippen LogP contribution in [0.4, 0.5) is 0 Å². The summed E-state index contributed by atoms with van der Waals surface area (Å²) in [6.07, 6.45) is 2.89. The number of hydrogen-bond donors (Lipinski definition) is 2. The Morgan fingerprint density at radius 2 is 2.40 bits per heavy atom. The second kappa shape index (κ2) is 4.61. The van der Waals surface area contributed by atoms with E-state index in [0.717, 1.165) is 0 Å². The lowest BCUT2D eigenvalue weighted by Gasteiger charge is -1.99. The SMILES string of the molecule is C=CCNC(=O)C(C)=CN. The highest BCUT2D eigenvalue weighted by atomic mass is 16.1. The van der Waals surface area contributed by atoms with E-state index in [4.69, 9.17) is 5.73 Å². The second-order valence-corrected chi connectivity index (χ2v) is 1.85. The molecule has 0 saturated carbocycles. The van der Waals surface area contributed by atoms with Gasteiger partial charge in [-0.05, 0) is 6.92 Å². The van der Waals surface area contributed by atoms with Crippen LogP contribution in [0.25, 0.3) is 0 Å². The summed E-state index contributed by atoms with van der Waals surface area (Å²) in [4.78, 5) is 10.8. The number of nitrogens with two attached hydrogens (primary N) is 1. The van der Waals surface area contributed by atoms with Gasteiger partial charge in [-0.3, -0.25) is 4.79 Å². The van der Waals surface area contributed by atoms with Crippen LogP contribution in [0, 0.1) is 0 Å². The van der Waals surface area contributed by atoms with Crippen LogP contribution < -0.4 is 11.1 Å². The van der Waals surface area contributed by atoms with E-state index in [2.05, 4.69) is 11.9 Å². The van der Waals surface area contributed by atoms with Crippen LogP contribution in [0.3, 0.4) is 0 Å². The Morgan fingerprint density at radius 3 is 2.80 bits per heavy atom. The fraction of sp³-hybridized carbons (Fsp3) is 0.286. The van der Waals surface area contributed by atoms with Gasteiger partial charge >= 0.3 is 0 Å². The van der Waals surface area contributed by atoms with E-state index >= 15 is 0 Å². The Morgan fingerprint density at radius 1 is 1.80 bits per heavy atom. The van der Waals surface area contributed by atoms with Gasteiger partial charge < -0.3 is 11.1 Å². The molecule has 0 aliphatic heterocycles. The first-order valence-corrected chi connectivity index (χ1v) is 3.00. The number of carbonyl (C=O) groups is 1. The van der Waals surface area contributed by atoms with Crippen LogP contribution >= 0.6 is 0 Å². The Hall–Kier alpha value is -1.25. The van der Waals surface area contributed by atoms with Gasteiger partial charge in [-0.15, -0.1) is 6.58 Å². The topological polar surface area (TPSA) is 55.1 Å². The molecule has 3 nitrogen and oxygen atoms in total. The van der Waals surface area contributed by atoms with Crippen molar-refractivity contribution >= 4 is 5.91 Å². The van der Waals surface area contributed by atoms with Crippen molar-refractivity contribution in [3.8, 4) is 0 Å². The molecule has 0 aliphatic rings. The zero-order valence-corrected chi connectivity index (χ0v) is 6.05. The summed E-state index contributed by atoms with van der Waals surface area (Å²) in [5, 5.41) is 2.58. The first kappa shape index (κ1) is 8.75. The molecule has 0 atom stereocenters. The molecule has 0 aromatic heterocycles. The van der Waals surface area contributed by atoms with Crippen molar-refractivity contribution in [2.24, 2.45) is 5.73 Å². The molecule has 0 aromatic carbocycles. The third kappa shape index (κ3) is 2.91. The molecule has 0 bridgehead atoms. The minimum atomic E-state index is -0.151. The van der Waals surface area contributed by atoms with Gasteiger partial charge in [0.15, 0.2) is 0 Å². The molecule has 0 aliphatic carbocycles. The average Bonchev–Trinajstić information content (AvgIpc) is 1.98. The average molecular weight is 140 g/mol. The van der Waals surface area contributed by atoms with Crippen molar-refractivity contribution in [1.82, 2.24) is 5.32 Å². The van der Waals surface area contributed by atoms with Crippen molar-refractivity contribution < 1.29 is 4.79 Å². The summed E-state index contributed by atoms with van der Waals surface area (Å²) in [5.74, 6) is -0.151. The maximum atomic E-state index is 10.8. The molecule has 10 heavy (non-hydrogen) atoms. The van der Waals surface area contributed by atoms with Crippen molar-refractivity contribution in [3.05, 3.63) is 24.4 Å². The van der Waals surface area contributed by atoms with Gasteiger partial charge in [0.05, 0.1) is 0 Å². The van der Waals surface area contributed by atoms with Crippen molar-refractivity contribution in [2.75, 3.05) is 6.54 Å². The van der Waals surface area contributed by atoms with Crippen LogP contribution in [0.2, 0.25) is 0 Å². The molecule has 3 N–H and O–H groups in total. The molecular formula is C7H12N2O. The third-order valence-corrected chi connectivity index (χ3v) is 1.02. The maximum Gasteiger partial charge on any atom is 0.248 e. The molecule has 0 heterocycles. The molecule has 0 spiro atoms. The van der Waals surface area contributed by atoms with E-state index in [9.17, 15) is 4.79 Å². The Kier molecular flexibility index (Phi) is 4.04. The van der Waals surface area contributed by atoms with E-state index in [0.29, 0.717) is 12.1 Å². The molecule has 0 fully saturated rings. The smallest absolute Gasteiger partial charge is 0.248 e. The van der Waals surface area contributed by atoms with Crippen molar-refractivity contribution in [1.29, 1.82) is 0 Å². The molecule has 0 saturated heterocycles. The summed E-state index contributed by atoms with van der Waals surface area (Å²) in [6, 6.07) is 0. The van der Waals surface area contributed by atoms with Gasteiger partial charge in [-0.2, -0.15) is 0 Å². The lowest BCUT2D eigenvalue weighted by atomic mass is 10.3. The maximum absolute atomic E-state index is 10.8. The van der Waals surface area contributed by atoms with Gasteiger partial charge in [0, 0.05) is 18.3 Å². The zero-order valence-electron chi connectivity index (χ0n) is 6.05. The highest BCUT2D eigenvalue weighted by molar-refractivity contribution is 5.92. The summed E-state index contributed by atoms with van der Waals surface area (Å²) < 4.78 is 0.